The summed E-state index contributed by atoms with van der Waals surface area (Å²) in [6.45, 7) is 3.02. The van der Waals surface area contributed by atoms with Crippen LogP contribution in [-0.4, -0.2) is 28.4 Å². The molecule has 2 atom stereocenters. The van der Waals surface area contributed by atoms with Crippen LogP contribution in [0.25, 0.3) is 0 Å². The predicted molar refractivity (Wildman–Crippen MR) is 97.4 cm³/mol. The highest BCUT2D eigenvalue weighted by molar-refractivity contribution is 8.00. The van der Waals surface area contributed by atoms with Crippen molar-refractivity contribution in [3.8, 4) is 0 Å². The molecule has 0 unspecified atom stereocenters. The number of amides is 1. The van der Waals surface area contributed by atoms with Crippen molar-refractivity contribution in [3.05, 3.63) is 65.7 Å². The third kappa shape index (κ3) is 3.70. The SMILES string of the molecule is C[C@H]1SCCN(C(=O)Cc2ccc(N)cc2)[C@H]1c1ccccc1. The monoisotopic (exact) mass is 326 g/mol. The minimum absolute atomic E-state index is 0.149. The van der Waals surface area contributed by atoms with E-state index in [0.29, 0.717) is 11.7 Å². The molecular weight excluding hydrogens is 304 g/mol. The van der Waals surface area contributed by atoms with Crippen LogP contribution in [-0.2, 0) is 11.2 Å². The quantitative estimate of drug-likeness (QED) is 0.878. The lowest BCUT2D eigenvalue weighted by Gasteiger charge is -2.40. The van der Waals surface area contributed by atoms with E-state index in [9.17, 15) is 4.79 Å². The van der Waals surface area contributed by atoms with Crippen molar-refractivity contribution in [1.82, 2.24) is 4.90 Å². The highest BCUT2D eigenvalue weighted by Crippen LogP contribution is 2.36. The number of hydrogen-bond acceptors (Lipinski definition) is 3. The van der Waals surface area contributed by atoms with Gasteiger partial charge in [0.05, 0.1) is 12.5 Å². The van der Waals surface area contributed by atoms with Gasteiger partial charge in [0.15, 0.2) is 0 Å². The van der Waals surface area contributed by atoms with Crippen LogP contribution < -0.4 is 5.73 Å². The molecule has 0 aliphatic carbocycles. The molecule has 1 aliphatic heterocycles. The molecule has 3 nitrogen and oxygen atoms in total. The van der Waals surface area contributed by atoms with Crippen molar-refractivity contribution in [2.24, 2.45) is 0 Å². The maximum absolute atomic E-state index is 12.9. The summed E-state index contributed by atoms with van der Waals surface area (Å²) in [4.78, 5) is 14.9. The minimum atomic E-state index is 0.149. The molecule has 0 spiro atoms. The number of carbonyl (C=O) groups excluding carboxylic acids is 1. The van der Waals surface area contributed by atoms with E-state index < -0.39 is 0 Å². The Bertz CT molecular complexity index is 657. The number of hydrogen-bond donors (Lipinski definition) is 1. The molecular formula is C19H22N2OS. The van der Waals surface area contributed by atoms with E-state index in [1.165, 1.54) is 5.56 Å². The number of nitrogens with two attached hydrogens (primary N) is 1. The van der Waals surface area contributed by atoms with Crippen LogP contribution >= 0.6 is 11.8 Å². The van der Waals surface area contributed by atoms with E-state index in [2.05, 4.69) is 19.1 Å². The predicted octanol–water partition coefficient (Wildman–Crippen LogP) is 3.52. The van der Waals surface area contributed by atoms with Crippen molar-refractivity contribution >= 4 is 23.4 Å². The van der Waals surface area contributed by atoms with Crippen LogP contribution in [0, 0.1) is 0 Å². The van der Waals surface area contributed by atoms with Gasteiger partial charge in [0.1, 0.15) is 0 Å². The summed E-state index contributed by atoms with van der Waals surface area (Å²) in [6, 6.07) is 18.1. The molecule has 3 rings (SSSR count). The number of carbonyl (C=O) groups is 1. The molecule has 23 heavy (non-hydrogen) atoms. The van der Waals surface area contributed by atoms with Crippen molar-refractivity contribution < 1.29 is 4.79 Å². The van der Waals surface area contributed by atoms with E-state index in [0.717, 1.165) is 23.5 Å². The van der Waals surface area contributed by atoms with Gasteiger partial charge >= 0.3 is 0 Å². The summed E-state index contributed by atoms with van der Waals surface area (Å²) in [5.74, 6) is 1.19. The summed E-state index contributed by atoms with van der Waals surface area (Å²) < 4.78 is 0. The first-order chi connectivity index (χ1) is 11.1. The second-order valence-corrected chi connectivity index (χ2v) is 7.42. The van der Waals surface area contributed by atoms with E-state index in [4.69, 9.17) is 5.73 Å². The summed E-state index contributed by atoms with van der Waals surface area (Å²) in [6.07, 6.45) is 0.432. The van der Waals surface area contributed by atoms with Gasteiger partial charge in [-0.05, 0) is 23.3 Å². The first-order valence-electron chi connectivity index (χ1n) is 7.95. The van der Waals surface area contributed by atoms with Crippen LogP contribution in [0.2, 0.25) is 0 Å². The van der Waals surface area contributed by atoms with Crippen LogP contribution in [0.15, 0.2) is 54.6 Å². The average Bonchev–Trinajstić information content (AvgIpc) is 2.57. The number of thioether (sulfide) groups is 1. The van der Waals surface area contributed by atoms with E-state index in [-0.39, 0.29) is 11.9 Å². The molecule has 2 aromatic rings. The molecule has 1 aliphatic rings. The molecule has 1 heterocycles. The number of anilines is 1. The second kappa shape index (κ2) is 7.09. The van der Waals surface area contributed by atoms with Crippen LogP contribution in [0.5, 0.6) is 0 Å². The fourth-order valence-electron chi connectivity index (χ4n) is 3.11. The van der Waals surface area contributed by atoms with Gasteiger partial charge in [-0.2, -0.15) is 11.8 Å². The number of benzene rings is 2. The van der Waals surface area contributed by atoms with Gasteiger partial charge in [-0.3, -0.25) is 4.79 Å². The number of nitrogens with zero attached hydrogens (tertiary/aromatic N) is 1. The third-order valence-corrected chi connectivity index (χ3v) is 5.49. The standard InChI is InChI=1S/C19H22N2OS/c1-14-19(16-5-3-2-4-6-16)21(11-12-23-14)18(22)13-15-7-9-17(20)10-8-15/h2-10,14,19H,11-13,20H2,1H3/t14-,19-/m1/s1. The maximum Gasteiger partial charge on any atom is 0.227 e. The normalized spacial score (nSPS) is 21.2. The van der Waals surface area contributed by atoms with Gasteiger partial charge in [0, 0.05) is 23.2 Å². The number of rotatable bonds is 3. The molecule has 2 N–H and O–H groups in total. The first kappa shape index (κ1) is 15.9. The summed E-state index contributed by atoms with van der Waals surface area (Å²) in [7, 11) is 0. The molecule has 0 radical (unpaired) electrons. The second-order valence-electron chi connectivity index (χ2n) is 5.94. The van der Waals surface area contributed by atoms with Crippen LogP contribution in [0.3, 0.4) is 0 Å². The average molecular weight is 326 g/mol. The molecule has 0 bridgehead atoms. The molecule has 120 valence electrons. The van der Waals surface area contributed by atoms with Gasteiger partial charge < -0.3 is 10.6 Å². The van der Waals surface area contributed by atoms with Crippen molar-refractivity contribution in [2.75, 3.05) is 18.0 Å². The smallest absolute Gasteiger partial charge is 0.227 e. The summed E-state index contributed by atoms with van der Waals surface area (Å²) >= 11 is 1.94. The van der Waals surface area contributed by atoms with E-state index >= 15 is 0 Å². The lowest BCUT2D eigenvalue weighted by Crippen LogP contribution is -2.44. The Morgan fingerprint density at radius 3 is 2.57 bits per heavy atom. The molecule has 2 aromatic carbocycles. The van der Waals surface area contributed by atoms with Gasteiger partial charge in [0.25, 0.3) is 0 Å². The Hall–Kier alpha value is -1.94. The Labute approximate surface area is 141 Å². The molecule has 0 saturated carbocycles. The van der Waals surface area contributed by atoms with Crippen molar-refractivity contribution in [2.45, 2.75) is 24.6 Å². The van der Waals surface area contributed by atoms with E-state index in [1.807, 2.05) is 59.1 Å². The molecule has 0 aromatic heterocycles. The largest absolute Gasteiger partial charge is 0.399 e. The first-order valence-corrected chi connectivity index (χ1v) is 9.00. The third-order valence-electron chi connectivity index (χ3n) is 4.29. The zero-order valence-electron chi connectivity index (χ0n) is 13.3. The Balaban J connectivity index is 1.80. The molecule has 4 heteroatoms. The lowest BCUT2D eigenvalue weighted by molar-refractivity contribution is -0.132. The molecule has 1 saturated heterocycles. The summed E-state index contributed by atoms with van der Waals surface area (Å²) in [5, 5.41) is 0.404. The van der Waals surface area contributed by atoms with E-state index in [1.54, 1.807) is 0 Å². The van der Waals surface area contributed by atoms with Crippen LogP contribution in [0.4, 0.5) is 5.69 Å². The minimum Gasteiger partial charge on any atom is -0.399 e. The van der Waals surface area contributed by atoms with Gasteiger partial charge in [-0.1, -0.05) is 49.4 Å². The molecule has 1 amide bonds. The Morgan fingerprint density at radius 2 is 1.87 bits per heavy atom. The topological polar surface area (TPSA) is 46.3 Å². The Morgan fingerprint density at radius 1 is 1.17 bits per heavy atom. The summed E-state index contributed by atoms with van der Waals surface area (Å²) in [5.41, 5.74) is 8.68. The van der Waals surface area contributed by atoms with Crippen molar-refractivity contribution in [3.63, 3.8) is 0 Å². The van der Waals surface area contributed by atoms with Crippen LogP contribution in [0.1, 0.15) is 24.1 Å². The highest BCUT2D eigenvalue weighted by atomic mass is 32.2. The fraction of sp³-hybridized carbons (Fsp3) is 0.316. The zero-order valence-corrected chi connectivity index (χ0v) is 14.1. The van der Waals surface area contributed by atoms with Gasteiger partial charge in [0.2, 0.25) is 5.91 Å². The molecule has 1 fully saturated rings. The van der Waals surface area contributed by atoms with Crippen molar-refractivity contribution in [1.29, 1.82) is 0 Å². The lowest BCUT2D eigenvalue weighted by atomic mass is 10.0. The Kier molecular flexibility index (Phi) is 4.91. The van der Waals surface area contributed by atoms with Gasteiger partial charge in [-0.15, -0.1) is 0 Å². The zero-order chi connectivity index (χ0) is 16.2. The van der Waals surface area contributed by atoms with Gasteiger partial charge in [-0.25, -0.2) is 0 Å². The highest BCUT2D eigenvalue weighted by Gasteiger charge is 2.33. The number of nitrogen functional groups attached to an aromatic ring is 1. The fourth-order valence-corrected chi connectivity index (χ4v) is 4.27. The maximum atomic E-state index is 12.9.